The van der Waals surface area contributed by atoms with Crippen molar-refractivity contribution in [2.45, 2.75) is 0 Å². The van der Waals surface area contributed by atoms with Gasteiger partial charge in [0.05, 0.1) is 0 Å². The lowest BCUT2D eigenvalue weighted by Crippen LogP contribution is -2.17. The summed E-state index contributed by atoms with van der Waals surface area (Å²) in [5, 5.41) is 0. The second-order valence-electron chi connectivity index (χ2n) is 6.63. The van der Waals surface area contributed by atoms with Crippen LogP contribution in [0.3, 0.4) is 0 Å². The minimum atomic E-state index is 0.785. The number of anilines is 2. The lowest BCUT2D eigenvalue weighted by Gasteiger charge is -2.24. The van der Waals surface area contributed by atoms with Crippen molar-refractivity contribution in [2.75, 3.05) is 11.4 Å². The fourth-order valence-electron chi connectivity index (χ4n) is 3.40. The molecule has 0 fully saturated rings. The zero-order valence-electron chi connectivity index (χ0n) is 15.8. The summed E-state index contributed by atoms with van der Waals surface area (Å²) in [6.07, 6.45) is 2.32. The fraction of sp³-hybridized carbons (Fsp3) is 0.0370. The van der Waals surface area contributed by atoms with Gasteiger partial charge in [-0.1, -0.05) is 103 Å². The van der Waals surface area contributed by atoms with Gasteiger partial charge in [-0.25, -0.2) is 0 Å². The molecule has 0 atom stereocenters. The zero-order chi connectivity index (χ0) is 19.0. The fourth-order valence-corrected chi connectivity index (χ4v) is 3.40. The second kappa shape index (κ2) is 8.88. The molecule has 0 spiro atoms. The predicted octanol–water partition coefficient (Wildman–Crippen LogP) is 6.96. The van der Waals surface area contributed by atoms with Gasteiger partial charge in [0.15, 0.2) is 0 Å². The van der Waals surface area contributed by atoms with Gasteiger partial charge in [0.1, 0.15) is 0 Å². The van der Waals surface area contributed by atoms with Crippen LogP contribution in [0.4, 0.5) is 11.4 Å². The van der Waals surface area contributed by atoms with Gasteiger partial charge in [0.25, 0.3) is 0 Å². The average Bonchev–Trinajstić information content (AvgIpc) is 2.79. The molecule has 0 aliphatic heterocycles. The molecule has 0 amide bonds. The summed E-state index contributed by atoms with van der Waals surface area (Å²) >= 11 is 0. The van der Waals surface area contributed by atoms with E-state index in [-0.39, 0.29) is 0 Å². The van der Waals surface area contributed by atoms with Crippen molar-refractivity contribution in [3.8, 4) is 0 Å². The first kappa shape index (κ1) is 17.8. The third-order valence-corrected chi connectivity index (χ3v) is 4.78. The number of hydrogen-bond acceptors (Lipinski definition) is 1. The Hall–Kier alpha value is -3.58. The minimum Gasteiger partial charge on any atom is -0.338 e. The van der Waals surface area contributed by atoms with Crippen molar-refractivity contribution in [3.63, 3.8) is 0 Å². The standard InChI is InChI=1S/C27H23N/c1-5-13-23(14-6-1)27(24-15-7-2-8-16-24)21-22-28(25-17-9-3-10-18-25)26-19-11-4-12-20-26/h1-21H,22H2. The van der Waals surface area contributed by atoms with E-state index < -0.39 is 0 Å². The molecule has 0 radical (unpaired) electrons. The molecule has 1 nitrogen and oxygen atoms in total. The predicted molar refractivity (Wildman–Crippen MR) is 120 cm³/mol. The monoisotopic (exact) mass is 361 g/mol. The van der Waals surface area contributed by atoms with Crippen LogP contribution in [0.5, 0.6) is 0 Å². The Morgan fingerprint density at radius 2 is 0.857 bits per heavy atom. The summed E-state index contributed by atoms with van der Waals surface area (Å²) in [5.41, 5.74) is 6.08. The highest BCUT2D eigenvalue weighted by atomic mass is 15.1. The van der Waals surface area contributed by atoms with E-state index in [1.54, 1.807) is 0 Å². The molecule has 0 aromatic heterocycles. The highest BCUT2D eigenvalue weighted by Crippen LogP contribution is 2.27. The lowest BCUT2D eigenvalue weighted by atomic mass is 9.97. The maximum atomic E-state index is 2.34. The topological polar surface area (TPSA) is 3.24 Å². The van der Waals surface area contributed by atoms with E-state index in [1.807, 2.05) is 0 Å². The van der Waals surface area contributed by atoms with Gasteiger partial charge in [-0.05, 0) is 41.0 Å². The molecule has 0 saturated heterocycles. The number of para-hydroxylation sites is 2. The van der Waals surface area contributed by atoms with Gasteiger partial charge in [-0.3, -0.25) is 0 Å². The Morgan fingerprint density at radius 3 is 1.25 bits per heavy atom. The van der Waals surface area contributed by atoms with Crippen LogP contribution in [0.15, 0.2) is 127 Å². The van der Waals surface area contributed by atoms with Crippen LogP contribution >= 0.6 is 0 Å². The van der Waals surface area contributed by atoms with Gasteiger partial charge in [0, 0.05) is 17.9 Å². The smallest absolute Gasteiger partial charge is 0.0421 e. The van der Waals surface area contributed by atoms with Crippen LogP contribution in [0, 0.1) is 0 Å². The Bertz CT molecular complexity index is 926. The van der Waals surface area contributed by atoms with Crippen molar-refractivity contribution in [1.82, 2.24) is 0 Å². The molecular weight excluding hydrogens is 338 g/mol. The summed E-state index contributed by atoms with van der Waals surface area (Å²) in [7, 11) is 0. The van der Waals surface area contributed by atoms with Crippen molar-refractivity contribution < 1.29 is 0 Å². The molecule has 4 aromatic carbocycles. The van der Waals surface area contributed by atoms with E-state index in [9.17, 15) is 0 Å². The van der Waals surface area contributed by atoms with Crippen molar-refractivity contribution in [3.05, 3.63) is 139 Å². The summed E-state index contributed by atoms with van der Waals surface area (Å²) in [4.78, 5) is 2.34. The molecule has 4 aromatic rings. The number of rotatable bonds is 6. The van der Waals surface area contributed by atoms with E-state index in [4.69, 9.17) is 0 Å². The van der Waals surface area contributed by atoms with Gasteiger partial charge in [-0.2, -0.15) is 0 Å². The van der Waals surface area contributed by atoms with E-state index in [1.165, 1.54) is 28.1 Å². The molecule has 0 unspecified atom stereocenters. The molecule has 28 heavy (non-hydrogen) atoms. The molecule has 0 saturated carbocycles. The lowest BCUT2D eigenvalue weighted by molar-refractivity contribution is 1.10. The quantitative estimate of drug-likeness (QED) is 0.359. The average molecular weight is 361 g/mol. The maximum absolute atomic E-state index is 2.34. The molecule has 1 heteroatoms. The molecule has 0 bridgehead atoms. The number of benzene rings is 4. The third kappa shape index (κ3) is 4.21. The zero-order valence-corrected chi connectivity index (χ0v) is 15.8. The normalized spacial score (nSPS) is 10.3. The maximum Gasteiger partial charge on any atom is 0.0421 e. The van der Waals surface area contributed by atoms with Crippen LogP contribution in [-0.4, -0.2) is 6.54 Å². The largest absolute Gasteiger partial charge is 0.338 e. The minimum absolute atomic E-state index is 0.785. The second-order valence-corrected chi connectivity index (χ2v) is 6.63. The van der Waals surface area contributed by atoms with Crippen LogP contribution in [-0.2, 0) is 0 Å². The van der Waals surface area contributed by atoms with Crippen molar-refractivity contribution >= 4 is 16.9 Å². The molecule has 4 rings (SSSR count). The summed E-state index contributed by atoms with van der Waals surface area (Å²) in [6, 6.07) is 42.3. The number of hydrogen-bond donors (Lipinski definition) is 0. The van der Waals surface area contributed by atoms with E-state index >= 15 is 0 Å². The first-order valence-corrected chi connectivity index (χ1v) is 9.60. The molecule has 0 aliphatic carbocycles. The molecule has 0 N–H and O–H groups in total. The van der Waals surface area contributed by atoms with Gasteiger partial charge in [0.2, 0.25) is 0 Å². The molecule has 136 valence electrons. The van der Waals surface area contributed by atoms with Crippen LogP contribution in [0.25, 0.3) is 5.57 Å². The van der Waals surface area contributed by atoms with E-state index in [0.717, 1.165) is 6.54 Å². The Kier molecular flexibility index (Phi) is 5.65. The molecular formula is C27H23N. The van der Waals surface area contributed by atoms with Crippen molar-refractivity contribution in [1.29, 1.82) is 0 Å². The van der Waals surface area contributed by atoms with Gasteiger partial charge < -0.3 is 4.90 Å². The van der Waals surface area contributed by atoms with Crippen molar-refractivity contribution in [2.24, 2.45) is 0 Å². The number of nitrogens with zero attached hydrogens (tertiary/aromatic N) is 1. The highest BCUT2D eigenvalue weighted by molar-refractivity contribution is 5.80. The van der Waals surface area contributed by atoms with E-state index in [0.29, 0.717) is 0 Å². The summed E-state index contributed by atoms with van der Waals surface area (Å²) in [5.74, 6) is 0. The molecule has 0 aliphatic rings. The third-order valence-electron chi connectivity index (χ3n) is 4.78. The highest BCUT2D eigenvalue weighted by Gasteiger charge is 2.10. The Morgan fingerprint density at radius 1 is 0.500 bits per heavy atom. The van der Waals surface area contributed by atoms with Crippen LogP contribution < -0.4 is 4.90 Å². The van der Waals surface area contributed by atoms with Gasteiger partial charge in [-0.15, -0.1) is 0 Å². The Balaban J connectivity index is 1.74. The van der Waals surface area contributed by atoms with E-state index in [2.05, 4.69) is 132 Å². The van der Waals surface area contributed by atoms with Crippen LogP contribution in [0.2, 0.25) is 0 Å². The van der Waals surface area contributed by atoms with Gasteiger partial charge >= 0.3 is 0 Å². The first-order valence-electron chi connectivity index (χ1n) is 9.60. The Labute approximate surface area is 167 Å². The first-order chi connectivity index (χ1) is 13.9. The van der Waals surface area contributed by atoms with Crippen LogP contribution in [0.1, 0.15) is 11.1 Å². The molecule has 0 heterocycles. The summed E-state index contributed by atoms with van der Waals surface area (Å²) < 4.78 is 0. The SMILES string of the molecule is C(CN(c1ccccc1)c1ccccc1)=C(c1ccccc1)c1ccccc1. The summed E-state index contributed by atoms with van der Waals surface area (Å²) in [6.45, 7) is 0.785.